The van der Waals surface area contributed by atoms with Crippen LogP contribution < -0.4 is 4.74 Å². The minimum Gasteiger partial charge on any atom is -0.496 e. The number of carbonyl (C=O) groups excluding carboxylic acids is 1. The van der Waals surface area contributed by atoms with Crippen molar-refractivity contribution in [2.45, 2.75) is 38.1 Å². The number of rotatable bonds is 5. The summed E-state index contributed by atoms with van der Waals surface area (Å²) in [5.74, 6) is 0.821. The van der Waals surface area contributed by atoms with Gasteiger partial charge in [-0.05, 0) is 37.0 Å². The van der Waals surface area contributed by atoms with E-state index in [1.807, 2.05) is 6.07 Å². The van der Waals surface area contributed by atoms with Gasteiger partial charge in [-0.2, -0.15) is 4.99 Å². The topological polar surface area (TPSA) is 38.7 Å². The predicted molar refractivity (Wildman–Crippen MR) is 66.0 cm³/mol. The number of hydrogen-bond donors (Lipinski definition) is 0. The number of aliphatic imine (C=N–C) groups is 1. The zero-order chi connectivity index (χ0) is 12.3. The highest BCUT2D eigenvalue weighted by molar-refractivity contribution is 5.48. The molecular weight excluding hydrogens is 214 g/mol. The predicted octanol–water partition coefficient (Wildman–Crippen LogP) is 2.97. The second kappa shape index (κ2) is 4.72. The SMILES string of the molecule is CCCc1ccc(OC)c(C2(N=C=O)CC2)c1. The van der Waals surface area contributed by atoms with Gasteiger partial charge < -0.3 is 4.74 Å². The zero-order valence-electron chi connectivity index (χ0n) is 10.3. The normalized spacial score (nSPS) is 16.1. The van der Waals surface area contributed by atoms with Crippen LogP contribution in [0.15, 0.2) is 23.2 Å². The van der Waals surface area contributed by atoms with E-state index in [2.05, 4.69) is 24.0 Å². The largest absolute Gasteiger partial charge is 0.496 e. The first kappa shape index (κ1) is 11.9. The van der Waals surface area contributed by atoms with Gasteiger partial charge in [0.25, 0.3) is 0 Å². The molecule has 1 saturated carbocycles. The van der Waals surface area contributed by atoms with Crippen molar-refractivity contribution in [3.63, 3.8) is 0 Å². The highest BCUT2D eigenvalue weighted by Crippen LogP contribution is 2.52. The molecular formula is C14H17NO2. The van der Waals surface area contributed by atoms with Crippen LogP contribution in [0.4, 0.5) is 0 Å². The van der Waals surface area contributed by atoms with Crippen LogP contribution in [0.2, 0.25) is 0 Å². The average molecular weight is 231 g/mol. The second-order valence-electron chi connectivity index (χ2n) is 4.52. The molecule has 3 nitrogen and oxygen atoms in total. The Morgan fingerprint density at radius 2 is 2.24 bits per heavy atom. The fourth-order valence-corrected chi connectivity index (χ4v) is 2.21. The molecule has 0 saturated heterocycles. The van der Waals surface area contributed by atoms with E-state index < -0.39 is 0 Å². The Bertz CT molecular complexity index is 457. The van der Waals surface area contributed by atoms with Crippen molar-refractivity contribution in [1.82, 2.24) is 0 Å². The Morgan fingerprint density at radius 1 is 1.47 bits per heavy atom. The molecule has 1 aliphatic rings. The van der Waals surface area contributed by atoms with Crippen LogP contribution in [-0.2, 0) is 16.8 Å². The molecule has 0 bridgehead atoms. The van der Waals surface area contributed by atoms with Crippen molar-refractivity contribution in [2.75, 3.05) is 7.11 Å². The first-order chi connectivity index (χ1) is 8.25. The van der Waals surface area contributed by atoms with E-state index in [4.69, 9.17) is 4.74 Å². The van der Waals surface area contributed by atoms with E-state index in [1.165, 1.54) is 5.56 Å². The van der Waals surface area contributed by atoms with Gasteiger partial charge in [-0.1, -0.05) is 19.4 Å². The summed E-state index contributed by atoms with van der Waals surface area (Å²) in [5, 5.41) is 0. The van der Waals surface area contributed by atoms with E-state index in [9.17, 15) is 4.79 Å². The molecule has 2 rings (SSSR count). The van der Waals surface area contributed by atoms with Crippen LogP contribution >= 0.6 is 0 Å². The van der Waals surface area contributed by atoms with Crippen molar-refractivity contribution in [3.05, 3.63) is 29.3 Å². The third kappa shape index (κ3) is 2.25. The van der Waals surface area contributed by atoms with Crippen LogP contribution in [0.5, 0.6) is 5.75 Å². The Labute approximate surface area is 102 Å². The molecule has 1 aromatic carbocycles. The lowest BCUT2D eigenvalue weighted by Gasteiger charge is -2.15. The molecule has 0 atom stereocenters. The third-order valence-corrected chi connectivity index (χ3v) is 3.29. The minimum atomic E-state index is -0.350. The van der Waals surface area contributed by atoms with Crippen molar-refractivity contribution in [3.8, 4) is 5.75 Å². The summed E-state index contributed by atoms with van der Waals surface area (Å²) in [4.78, 5) is 14.5. The maximum Gasteiger partial charge on any atom is 0.235 e. The zero-order valence-corrected chi connectivity index (χ0v) is 10.3. The maximum absolute atomic E-state index is 10.5. The van der Waals surface area contributed by atoms with Crippen LogP contribution in [-0.4, -0.2) is 13.2 Å². The average Bonchev–Trinajstić information content (AvgIpc) is 3.11. The fraction of sp³-hybridized carbons (Fsp3) is 0.500. The lowest BCUT2D eigenvalue weighted by atomic mass is 9.99. The van der Waals surface area contributed by atoms with Gasteiger partial charge in [0.1, 0.15) is 11.3 Å². The summed E-state index contributed by atoms with van der Waals surface area (Å²) in [6.07, 6.45) is 5.66. The van der Waals surface area contributed by atoms with Gasteiger partial charge in [0.05, 0.1) is 7.11 Å². The number of benzene rings is 1. The van der Waals surface area contributed by atoms with E-state index in [0.29, 0.717) is 0 Å². The minimum absolute atomic E-state index is 0.350. The van der Waals surface area contributed by atoms with Gasteiger partial charge in [0.2, 0.25) is 6.08 Å². The van der Waals surface area contributed by atoms with Gasteiger partial charge in [-0.3, -0.25) is 0 Å². The monoisotopic (exact) mass is 231 g/mol. The van der Waals surface area contributed by atoms with E-state index in [0.717, 1.165) is 37.0 Å². The summed E-state index contributed by atoms with van der Waals surface area (Å²) in [5.41, 5.74) is 1.96. The standard InChI is InChI=1S/C14H17NO2/c1-3-4-11-5-6-13(17-2)12(9-11)14(7-8-14)15-10-16/h5-6,9H,3-4,7-8H2,1-2H3. The second-order valence-corrected chi connectivity index (χ2v) is 4.52. The van der Waals surface area contributed by atoms with Crippen LogP contribution in [0.25, 0.3) is 0 Å². The van der Waals surface area contributed by atoms with Crippen molar-refractivity contribution < 1.29 is 9.53 Å². The summed E-state index contributed by atoms with van der Waals surface area (Å²) >= 11 is 0. The molecule has 0 heterocycles. The molecule has 1 fully saturated rings. The smallest absolute Gasteiger partial charge is 0.235 e. The number of aryl methyl sites for hydroxylation is 1. The van der Waals surface area contributed by atoms with Gasteiger partial charge in [-0.25, -0.2) is 4.79 Å². The van der Waals surface area contributed by atoms with Gasteiger partial charge in [0, 0.05) is 5.56 Å². The third-order valence-electron chi connectivity index (χ3n) is 3.29. The first-order valence-corrected chi connectivity index (χ1v) is 6.02. The first-order valence-electron chi connectivity index (χ1n) is 6.02. The number of isocyanates is 1. The Morgan fingerprint density at radius 3 is 2.76 bits per heavy atom. The molecule has 1 aliphatic carbocycles. The molecule has 3 heteroatoms. The summed E-state index contributed by atoms with van der Waals surface area (Å²) in [6.45, 7) is 2.15. The number of nitrogens with zero attached hydrogens (tertiary/aromatic N) is 1. The number of hydrogen-bond acceptors (Lipinski definition) is 3. The number of ether oxygens (including phenoxy) is 1. The fourth-order valence-electron chi connectivity index (χ4n) is 2.21. The molecule has 0 aromatic heterocycles. The quantitative estimate of drug-likeness (QED) is 0.577. The van der Waals surface area contributed by atoms with E-state index in [-0.39, 0.29) is 5.54 Å². The molecule has 1 aromatic rings. The van der Waals surface area contributed by atoms with Crippen LogP contribution in [0.3, 0.4) is 0 Å². The Balaban J connectivity index is 2.42. The van der Waals surface area contributed by atoms with Gasteiger partial charge in [0.15, 0.2) is 0 Å². The molecule has 0 amide bonds. The summed E-state index contributed by atoms with van der Waals surface area (Å²) in [7, 11) is 1.65. The number of methoxy groups -OCH3 is 1. The molecule has 0 aliphatic heterocycles. The Hall–Kier alpha value is -1.60. The molecule has 0 spiro atoms. The van der Waals surface area contributed by atoms with E-state index >= 15 is 0 Å². The maximum atomic E-state index is 10.5. The highest BCUT2D eigenvalue weighted by atomic mass is 16.5. The van der Waals surface area contributed by atoms with Crippen molar-refractivity contribution in [2.24, 2.45) is 4.99 Å². The lowest BCUT2D eigenvalue weighted by Crippen LogP contribution is -2.06. The van der Waals surface area contributed by atoms with Crippen molar-refractivity contribution in [1.29, 1.82) is 0 Å². The summed E-state index contributed by atoms with van der Waals surface area (Å²) < 4.78 is 5.36. The van der Waals surface area contributed by atoms with Crippen LogP contribution in [0.1, 0.15) is 37.3 Å². The molecule has 17 heavy (non-hydrogen) atoms. The molecule has 0 N–H and O–H groups in total. The van der Waals surface area contributed by atoms with Crippen LogP contribution in [0, 0.1) is 0 Å². The van der Waals surface area contributed by atoms with E-state index in [1.54, 1.807) is 13.2 Å². The molecule has 90 valence electrons. The van der Waals surface area contributed by atoms with Crippen molar-refractivity contribution >= 4 is 6.08 Å². The van der Waals surface area contributed by atoms with Gasteiger partial charge in [-0.15, -0.1) is 0 Å². The lowest BCUT2D eigenvalue weighted by molar-refractivity contribution is 0.404. The molecule has 0 radical (unpaired) electrons. The summed E-state index contributed by atoms with van der Waals surface area (Å²) in [6, 6.07) is 6.17. The highest BCUT2D eigenvalue weighted by Gasteiger charge is 2.46. The molecule has 0 unspecified atom stereocenters. The Kier molecular flexibility index (Phi) is 3.30. The van der Waals surface area contributed by atoms with Gasteiger partial charge >= 0.3 is 0 Å².